The van der Waals surface area contributed by atoms with Gasteiger partial charge < -0.3 is 14.8 Å². The number of rotatable bonds is 7. The maximum Gasteiger partial charge on any atom is 0.220 e. The summed E-state index contributed by atoms with van der Waals surface area (Å²) in [5.41, 5.74) is 0.412. The van der Waals surface area contributed by atoms with Crippen molar-refractivity contribution in [2.45, 2.75) is 32.0 Å². The van der Waals surface area contributed by atoms with Crippen molar-refractivity contribution < 1.29 is 23.5 Å². The Morgan fingerprint density at radius 2 is 1.82 bits per heavy atom. The van der Waals surface area contributed by atoms with Gasteiger partial charge in [-0.3, -0.25) is 9.59 Å². The minimum Gasteiger partial charge on any atom is -0.356 e. The molecule has 1 aliphatic rings. The summed E-state index contributed by atoms with van der Waals surface area (Å²) in [6.07, 6.45) is 0.765. The fraction of sp³-hybridized carbons (Fsp3) is 0.500. The minimum atomic E-state index is -0.628. The Hall–Kier alpha value is -1.79. The number of benzene rings is 1. The van der Waals surface area contributed by atoms with E-state index in [1.54, 1.807) is 0 Å². The Bertz CT molecular complexity index is 523. The highest BCUT2D eigenvalue weighted by molar-refractivity contribution is 5.97. The molecule has 0 atom stereocenters. The molecule has 1 saturated heterocycles. The monoisotopic (exact) mass is 309 g/mol. The molecule has 1 N–H and O–H groups in total. The van der Waals surface area contributed by atoms with Gasteiger partial charge in [0.1, 0.15) is 5.82 Å². The molecule has 1 heterocycles. The SMILES string of the molecule is CC1(CCNC(=O)CCC(=O)c2ccc(F)cc2)OCCO1. The van der Waals surface area contributed by atoms with E-state index in [1.165, 1.54) is 24.3 Å². The molecule has 1 amide bonds. The molecule has 0 saturated carbocycles. The zero-order chi connectivity index (χ0) is 16.0. The highest BCUT2D eigenvalue weighted by atomic mass is 19.1. The van der Waals surface area contributed by atoms with Crippen molar-refractivity contribution in [2.75, 3.05) is 19.8 Å². The summed E-state index contributed by atoms with van der Waals surface area (Å²) < 4.78 is 23.6. The van der Waals surface area contributed by atoms with Crippen molar-refractivity contribution in [3.05, 3.63) is 35.6 Å². The van der Waals surface area contributed by atoms with E-state index in [9.17, 15) is 14.0 Å². The minimum absolute atomic E-state index is 0.0989. The van der Waals surface area contributed by atoms with Gasteiger partial charge in [-0.15, -0.1) is 0 Å². The van der Waals surface area contributed by atoms with Crippen molar-refractivity contribution in [3.8, 4) is 0 Å². The number of hydrogen-bond acceptors (Lipinski definition) is 4. The first-order valence-corrected chi connectivity index (χ1v) is 7.32. The van der Waals surface area contributed by atoms with E-state index in [2.05, 4.69) is 5.32 Å². The summed E-state index contributed by atoms with van der Waals surface area (Å²) >= 11 is 0. The van der Waals surface area contributed by atoms with Crippen molar-refractivity contribution in [1.29, 1.82) is 0 Å². The zero-order valence-electron chi connectivity index (χ0n) is 12.6. The molecular formula is C16H20FNO4. The topological polar surface area (TPSA) is 64.6 Å². The maximum atomic E-state index is 12.8. The number of hydrogen-bond donors (Lipinski definition) is 1. The number of amides is 1. The van der Waals surface area contributed by atoms with Gasteiger partial charge in [0.25, 0.3) is 0 Å². The van der Waals surface area contributed by atoms with Crippen LogP contribution in [-0.4, -0.2) is 37.2 Å². The normalized spacial score (nSPS) is 16.5. The zero-order valence-corrected chi connectivity index (χ0v) is 12.6. The molecule has 6 heteroatoms. The number of halogens is 1. The van der Waals surface area contributed by atoms with Crippen LogP contribution in [0.25, 0.3) is 0 Å². The maximum absolute atomic E-state index is 12.8. The first kappa shape index (κ1) is 16.6. The first-order valence-electron chi connectivity index (χ1n) is 7.32. The third-order valence-corrected chi connectivity index (χ3v) is 3.54. The Balaban J connectivity index is 1.67. The fourth-order valence-electron chi connectivity index (χ4n) is 2.23. The lowest BCUT2D eigenvalue weighted by Gasteiger charge is -2.22. The van der Waals surface area contributed by atoms with Crippen LogP contribution in [0.4, 0.5) is 4.39 Å². The molecule has 0 spiro atoms. The number of nitrogens with one attached hydrogen (secondary N) is 1. The van der Waals surface area contributed by atoms with Crippen LogP contribution in [0, 0.1) is 5.82 Å². The summed E-state index contributed by atoms with van der Waals surface area (Å²) in [5.74, 6) is -1.39. The molecule has 5 nitrogen and oxygen atoms in total. The van der Waals surface area contributed by atoms with Crippen LogP contribution in [0.3, 0.4) is 0 Å². The largest absolute Gasteiger partial charge is 0.356 e. The molecule has 0 aliphatic carbocycles. The van der Waals surface area contributed by atoms with E-state index >= 15 is 0 Å². The van der Waals surface area contributed by atoms with E-state index in [4.69, 9.17) is 9.47 Å². The summed E-state index contributed by atoms with van der Waals surface area (Å²) in [7, 11) is 0. The molecule has 22 heavy (non-hydrogen) atoms. The van der Waals surface area contributed by atoms with Gasteiger partial charge in [-0.05, 0) is 31.2 Å². The van der Waals surface area contributed by atoms with Crippen molar-refractivity contribution in [1.82, 2.24) is 5.32 Å². The van der Waals surface area contributed by atoms with Crippen molar-refractivity contribution in [3.63, 3.8) is 0 Å². The van der Waals surface area contributed by atoms with Crippen LogP contribution in [0.15, 0.2) is 24.3 Å². The Kier molecular flexibility index (Phi) is 5.63. The van der Waals surface area contributed by atoms with Gasteiger partial charge in [0.15, 0.2) is 11.6 Å². The molecule has 1 aromatic carbocycles. The van der Waals surface area contributed by atoms with Crippen LogP contribution in [0.2, 0.25) is 0 Å². The van der Waals surface area contributed by atoms with Crippen molar-refractivity contribution >= 4 is 11.7 Å². The average Bonchev–Trinajstić information content (AvgIpc) is 2.92. The second kappa shape index (κ2) is 7.47. The lowest BCUT2D eigenvalue weighted by atomic mass is 10.1. The lowest BCUT2D eigenvalue weighted by Crippen LogP contribution is -2.33. The van der Waals surface area contributed by atoms with Gasteiger partial charge in [0, 0.05) is 31.4 Å². The number of carbonyl (C=O) groups excluding carboxylic acids is 2. The standard InChI is InChI=1S/C16H20FNO4/c1-16(21-10-11-22-16)8-9-18-15(20)7-6-14(19)12-2-4-13(17)5-3-12/h2-5H,6-11H2,1H3,(H,18,20). The Labute approximate surface area is 128 Å². The van der Waals surface area contributed by atoms with E-state index in [0.29, 0.717) is 31.7 Å². The van der Waals surface area contributed by atoms with Crippen LogP contribution >= 0.6 is 0 Å². The van der Waals surface area contributed by atoms with E-state index < -0.39 is 5.79 Å². The molecule has 1 aliphatic heterocycles. The fourth-order valence-corrected chi connectivity index (χ4v) is 2.23. The van der Waals surface area contributed by atoms with Crippen LogP contribution in [0.1, 0.15) is 36.5 Å². The Morgan fingerprint density at radius 3 is 2.45 bits per heavy atom. The summed E-state index contributed by atoms with van der Waals surface area (Å²) in [5, 5.41) is 2.74. The van der Waals surface area contributed by atoms with Gasteiger partial charge >= 0.3 is 0 Å². The molecule has 2 rings (SSSR count). The predicted octanol–water partition coefficient (Wildman–Crippen LogP) is 2.06. The number of carbonyl (C=O) groups is 2. The summed E-state index contributed by atoms with van der Waals surface area (Å²) in [6, 6.07) is 5.31. The van der Waals surface area contributed by atoms with Gasteiger partial charge in [-0.1, -0.05) is 0 Å². The number of Topliss-reactive ketones (excluding diaryl/α,β-unsaturated/α-hetero) is 1. The third kappa shape index (κ3) is 4.89. The molecule has 0 bridgehead atoms. The molecule has 0 radical (unpaired) electrons. The van der Waals surface area contributed by atoms with Gasteiger partial charge in [-0.2, -0.15) is 0 Å². The second-order valence-electron chi connectivity index (χ2n) is 5.36. The van der Waals surface area contributed by atoms with Crippen LogP contribution < -0.4 is 5.32 Å². The van der Waals surface area contributed by atoms with E-state index in [-0.39, 0.29) is 30.3 Å². The average molecular weight is 309 g/mol. The molecule has 0 aromatic heterocycles. The molecule has 1 aromatic rings. The number of ether oxygens (including phenoxy) is 2. The second-order valence-corrected chi connectivity index (χ2v) is 5.36. The lowest BCUT2D eigenvalue weighted by molar-refractivity contribution is -0.146. The van der Waals surface area contributed by atoms with Gasteiger partial charge in [-0.25, -0.2) is 4.39 Å². The molecule has 0 unspecified atom stereocenters. The summed E-state index contributed by atoms with van der Waals surface area (Å²) in [4.78, 5) is 23.6. The third-order valence-electron chi connectivity index (χ3n) is 3.54. The van der Waals surface area contributed by atoms with Gasteiger partial charge in [0.05, 0.1) is 13.2 Å². The highest BCUT2D eigenvalue weighted by Crippen LogP contribution is 2.21. The smallest absolute Gasteiger partial charge is 0.220 e. The van der Waals surface area contributed by atoms with E-state index in [0.717, 1.165) is 0 Å². The molecule has 1 fully saturated rings. The predicted molar refractivity (Wildman–Crippen MR) is 77.9 cm³/mol. The van der Waals surface area contributed by atoms with E-state index in [1.807, 2.05) is 6.92 Å². The van der Waals surface area contributed by atoms with Crippen molar-refractivity contribution in [2.24, 2.45) is 0 Å². The highest BCUT2D eigenvalue weighted by Gasteiger charge is 2.30. The van der Waals surface area contributed by atoms with Gasteiger partial charge in [0.2, 0.25) is 5.91 Å². The van der Waals surface area contributed by atoms with Crippen LogP contribution in [-0.2, 0) is 14.3 Å². The first-order chi connectivity index (χ1) is 10.5. The summed E-state index contributed by atoms with van der Waals surface area (Å²) in [6.45, 7) is 3.40. The Morgan fingerprint density at radius 1 is 1.18 bits per heavy atom. The molecular weight excluding hydrogens is 289 g/mol. The molecule has 120 valence electrons. The van der Waals surface area contributed by atoms with Crippen LogP contribution in [0.5, 0.6) is 0 Å². The number of ketones is 1. The quantitative estimate of drug-likeness (QED) is 0.783.